The van der Waals surface area contributed by atoms with Crippen molar-refractivity contribution in [1.29, 1.82) is 0 Å². The molecule has 2 aliphatic rings. The number of nitrogens with zero attached hydrogens (tertiary/aromatic N) is 3. The molecule has 8 heteroatoms. The smallest absolute Gasteiger partial charge is 0.277 e. The molecule has 0 radical (unpaired) electrons. The molecule has 3 heterocycles. The molecule has 4 rings (SSSR count). The molecule has 138 valence electrons. The van der Waals surface area contributed by atoms with E-state index in [-0.39, 0.29) is 12.7 Å². The van der Waals surface area contributed by atoms with Gasteiger partial charge in [-0.25, -0.2) is 0 Å². The Labute approximate surface area is 156 Å². The normalized spacial score (nSPS) is 21.8. The molecule has 0 N–H and O–H groups in total. The van der Waals surface area contributed by atoms with E-state index >= 15 is 0 Å². The Morgan fingerprint density at radius 2 is 1.96 bits per heavy atom. The van der Waals surface area contributed by atoms with Gasteiger partial charge in [0.25, 0.3) is 5.22 Å². The molecule has 1 fully saturated rings. The summed E-state index contributed by atoms with van der Waals surface area (Å²) in [5, 5.41) is 8.50. The van der Waals surface area contributed by atoms with E-state index in [9.17, 15) is 4.79 Å². The first-order chi connectivity index (χ1) is 12.6. The lowest BCUT2D eigenvalue weighted by atomic mass is 9.92. The summed E-state index contributed by atoms with van der Waals surface area (Å²) in [5.74, 6) is 3.30. The van der Waals surface area contributed by atoms with Crippen LogP contribution in [0.1, 0.15) is 20.3 Å². The summed E-state index contributed by atoms with van der Waals surface area (Å²) in [6.45, 7) is 6.27. The summed E-state index contributed by atoms with van der Waals surface area (Å²) in [5.41, 5.74) is 0.763. The number of benzene rings is 1. The highest BCUT2D eigenvalue weighted by Crippen LogP contribution is 2.36. The largest absolute Gasteiger partial charge is 0.454 e. The number of hydrogen-bond donors (Lipinski definition) is 0. The van der Waals surface area contributed by atoms with Crippen molar-refractivity contribution in [2.75, 3.05) is 25.6 Å². The van der Waals surface area contributed by atoms with Gasteiger partial charge in [-0.1, -0.05) is 25.6 Å². The first-order valence-electron chi connectivity index (χ1n) is 8.72. The van der Waals surface area contributed by atoms with Crippen molar-refractivity contribution in [1.82, 2.24) is 15.1 Å². The molecule has 26 heavy (non-hydrogen) atoms. The van der Waals surface area contributed by atoms with E-state index in [1.807, 2.05) is 23.1 Å². The van der Waals surface area contributed by atoms with Crippen LogP contribution in [0.2, 0.25) is 0 Å². The number of carbonyl (C=O) groups excluding carboxylic acids is 1. The van der Waals surface area contributed by atoms with E-state index in [1.165, 1.54) is 18.2 Å². The fourth-order valence-electron chi connectivity index (χ4n) is 3.50. The van der Waals surface area contributed by atoms with E-state index in [4.69, 9.17) is 13.9 Å². The van der Waals surface area contributed by atoms with E-state index < -0.39 is 0 Å². The number of thioether (sulfide) groups is 1. The van der Waals surface area contributed by atoms with Crippen molar-refractivity contribution in [2.45, 2.75) is 25.5 Å². The second-order valence-corrected chi connectivity index (χ2v) is 7.90. The number of hydrogen-bond acceptors (Lipinski definition) is 7. The molecule has 1 saturated heterocycles. The molecule has 0 bridgehead atoms. The van der Waals surface area contributed by atoms with Crippen LogP contribution in [-0.4, -0.2) is 46.6 Å². The summed E-state index contributed by atoms with van der Waals surface area (Å²) < 4.78 is 16.3. The average molecular weight is 375 g/mol. The number of ether oxygens (including phenoxy) is 2. The van der Waals surface area contributed by atoms with Crippen molar-refractivity contribution >= 4 is 17.7 Å². The highest BCUT2D eigenvalue weighted by molar-refractivity contribution is 7.99. The van der Waals surface area contributed by atoms with Crippen molar-refractivity contribution < 1.29 is 18.7 Å². The molecule has 2 aromatic rings. The number of amides is 1. The molecule has 1 aromatic carbocycles. The van der Waals surface area contributed by atoms with Crippen LogP contribution in [0.3, 0.4) is 0 Å². The zero-order valence-corrected chi connectivity index (χ0v) is 15.6. The molecule has 0 spiro atoms. The Hall–Kier alpha value is -2.22. The lowest BCUT2D eigenvalue weighted by molar-refractivity contribution is -0.130. The van der Waals surface area contributed by atoms with Crippen molar-refractivity contribution in [3.05, 3.63) is 18.2 Å². The SMILES string of the molecule is C[C@@H]1C[C@H](C)CN(C(=O)CSc2nnc(-c3ccc4c(c3)OCO4)o2)C1. The zero-order chi connectivity index (χ0) is 18.1. The molecule has 1 amide bonds. The minimum absolute atomic E-state index is 0.122. The summed E-state index contributed by atoms with van der Waals surface area (Å²) >= 11 is 1.28. The fourth-order valence-corrected chi connectivity index (χ4v) is 4.16. The van der Waals surface area contributed by atoms with Gasteiger partial charge in [-0.05, 0) is 36.5 Å². The van der Waals surface area contributed by atoms with E-state index in [0.29, 0.717) is 40.2 Å². The Morgan fingerprint density at radius 3 is 2.77 bits per heavy atom. The minimum Gasteiger partial charge on any atom is -0.454 e. The van der Waals surface area contributed by atoms with Gasteiger partial charge in [0.05, 0.1) is 5.75 Å². The molecular formula is C18H21N3O4S. The van der Waals surface area contributed by atoms with Crippen LogP contribution in [0.5, 0.6) is 11.5 Å². The Bertz CT molecular complexity index is 799. The highest BCUT2D eigenvalue weighted by Gasteiger charge is 2.25. The number of rotatable bonds is 4. The number of carbonyl (C=O) groups is 1. The van der Waals surface area contributed by atoms with Crippen LogP contribution in [0.4, 0.5) is 0 Å². The van der Waals surface area contributed by atoms with Gasteiger partial charge in [-0.15, -0.1) is 10.2 Å². The van der Waals surface area contributed by atoms with Crippen molar-refractivity contribution in [2.24, 2.45) is 11.8 Å². The third kappa shape index (κ3) is 3.65. The lowest BCUT2D eigenvalue weighted by Crippen LogP contribution is -2.43. The van der Waals surface area contributed by atoms with Crippen molar-refractivity contribution in [3.8, 4) is 23.0 Å². The third-order valence-corrected chi connectivity index (χ3v) is 5.37. The zero-order valence-electron chi connectivity index (χ0n) is 14.8. The number of piperidine rings is 1. The van der Waals surface area contributed by atoms with Gasteiger partial charge in [-0.3, -0.25) is 4.79 Å². The molecule has 0 saturated carbocycles. The molecule has 1 aromatic heterocycles. The van der Waals surface area contributed by atoms with Gasteiger partial charge in [0.1, 0.15) is 0 Å². The van der Waals surface area contributed by atoms with Crippen LogP contribution >= 0.6 is 11.8 Å². The minimum atomic E-state index is 0.122. The summed E-state index contributed by atoms with van der Waals surface area (Å²) in [6.07, 6.45) is 1.18. The van der Waals surface area contributed by atoms with Gasteiger partial charge in [0.2, 0.25) is 18.6 Å². The van der Waals surface area contributed by atoms with Crippen LogP contribution < -0.4 is 9.47 Å². The van der Waals surface area contributed by atoms with E-state index in [0.717, 1.165) is 18.7 Å². The fraction of sp³-hybridized carbons (Fsp3) is 0.500. The van der Waals surface area contributed by atoms with Crippen LogP contribution in [-0.2, 0) is 4.79 Å². The predicted octanol–water partition coefficient (Wildman–Crippen LogP) is 3.06. The molecule has 2 atom stereocenters. The van der Waals surface area contributed by atoms with Crippen LogP contribution in [0.25, 0.3) is 11.5 Å². The maximum absolute atomic E-state index is 12.5. The summed E-state index contributed by atoms with van der Waals surface area (Å²) in [7, 11) is 0. The Kier molecular flexibility index (Phi) is 4.76. The first-order valence-corrected chi connectivity index (χ1v) is 9.71. The molecule has 2 aliphatic heterocycles. The third-order valence-electron chi connectivity index (χ3n) is 4.57. The monoisotopic (exact) mass is 375 g/mol. The maximum Gasteiger partial charge on any atom is 0.277 e. The first kappa shape index (κ1) is 17.2. The van der Waals surface area contributed by atoms with Crippen molar-refractivity contribution in [3.63, 3.8) is 0 Å². The van der Waals surface area contributed by atoms with Gasteiger partial charge in [-0.2, -0.15) is 0 Å². The van der Waals surface area contributed by atoms with E-state index in [1.54, 1.807) is 0 Å². The summed E-state index contributed by atoms with van der Waals surface area (Å²) in [4.78, 5) is 14.4. The quantitative estimate of drug-likeness (QED) is 0.760. The Morgan fingerprint density at radius 1 is 1.19 bits per heavy atom. The molecule has 7 nitrogen and oxygen atoms in total. The van der Waals surface area contributed by atoms with Gasteiger partial charge < -0.3 is 18.8 Å². The average Bonchev–Trinajstić information content (AvgIpc) is 3.27. The predicted molar refractivity (Wildman–Crippen MR) is 96.1 cm³/mol. The molecular weight excluding hydrogens is 354 g/mol. The van der Waals surface area contributed by atoms with Crippen LogP contribution in [0, 0.1) is 11.8 Å². The summed E-state index contributed by atoms with van der Waals surface area (Å²) in [6, 6.07) is 5.47. The highest BCUT2D eigenvalue weighted by atomic mass is 32.2. The van der Waals surface area contributed by atoms with Gasteiger partial charge in [0.15, 0.2) is 11.5 Å². The Balaban J connectivity index is 1.37. The second-order valence-electron chi connectivity index (χ2n) is 6.97. The number of aromatic nitrogens is 2. The van der Waals surface area contributed by atoms with Crippen LogP contribution in [0.15, 0.2) is 27.8 Å². The topological polar surface area (TPSA) is 77.7 Å². The standard InChI is InChI=1S/C18H21N3O4S/c1-11-5-12(2)8-21(7-11)16(22)9-26-18-20-19-17(25-18)13-3-4-14-15(6-13)24-10-23-14/h3-4,6,11-12H,5,7-10H2,1-2H3/t11-,12+. The van der Waals surface area contributed by atoms with Gasteiger partial charge in [0, 0.05) is 18.7 Å². The lowest BCUT2D eigenvalue weighted by Gasteiger charge is -2.34. The maximum atomic E-state index is 12.5. The molecule has 0 aliphatic carbocycles. The number of likely N-dealkylation sites (tertiary alicyclic amines) is 1. The second kappa shape index (κ2) is 7.19. The van der Waals surface area contributed by atoms with Gasteiger partial charge >= 0.3 is 0 Å². The van der Waals surface area contributed by atoms with E-state index in [2.05, 4.69) is 24.0 Å². The number of fused-ring (bicyclic) bond motifs is 1. The molecule has 0 unspecified atom stereocenters.